The van der Waals surface area contributed by atoms with Crippen LogP contribution in [0.3, 0.4) is 0 Å². The van der Waals surface area contributed by atoms with E-state index in [2.05, 4.69) is 4.98 Å². The molecule has 0 spiro atoms. The SMILES string of the molecule is Cc1nc2cc(Cl)c(C(=O)O)cc2o1. The topological polar surface area (TPSA) is 63.3 Å². The number of carbonyl (C=O) groups is 1. The normalized spacial score (nSPS) is 10.7. The predicted molar refractivity (Wildman–Crippen MR) is 50.7 cm³/mol. The van der Waals surface area contributed by atoms with Crippen LogP contribution in [0.15, 0.2) is 16.5 Å². The minimum absolute atomic E-state index is 0.0234. The molecule has 0 fully saturated rings. The monoisotopic (exact) mass is 211 g/mol. The third kappa shape index (κ3) is 1.33. The van der Waals surface area contributed by atoms with Gasteiger partial charge in [0.05, 0.1) is 10.6 Å². The Kier molecular flexibility index (Phi) is 1.93. The van der Waals surface area contributed by atoms with Crippen LogP contribution in [-0.4, -0.2) is 16.1 Å². The zero-order valence-electron chi connectivity index (χ0n) is 7.24. The Bertz CT molecular complexity index is 518. The molecule has 1 aromatic carbocycles. The van der Waals surface area contributed by atoms with Crippen LogP contribution in [0.5, 0.6) is 0 Å². The summed E-state index contributed by atoms with van der Waals surface area (Å²) in [6.45, 7) is 1.69. The van der Waals surface area contributed by atoms with Crippen LogP contribution in [0.25, 0.3) is 11.1 Å². The quantitative estimate of drug-likeness (QED) is 0.787. The van der Waals surface area contributed by atoms with E-state index in [1.807, 2.05) is 0 Å². The molecule has 2 rings (SSSR count). The molecule has 0 atom stereocenters. The van der Waals surface area contributed by atoms with Crippen molar-refractivity contribution in [2.75, 3.05) is 0 Å². The van der Waals surface area contributed by atoms with Crippen LogP contribution in [-0.2, 0) is 0 Å². The van der Waals surface area contributed by atoms with E-state index in [1.165, 1.54) is 12.1 Å². The number of aromatic carboxylic acids is 1. The summed E-state index contributed by atoms with van der Waals surface area (Å²) < 4.78 is 5.18. The summed E-state index contributed by atoms with van der Waals surface area (Å²) in [6, 6.07) is 2.86. The Balaban J connectivity index is 2.76. The first-order valence-electron chi connectivity index (χ1n) is 3.88. The maximum atomic E-state index is 10.7. The highest BCUT2D eigenvalue weighted by Crippen LogP contribution is 2.24. The molecule has 4 nitrogen and oxygen atoms in total. The van der Waals surface area contributed by atoms with E-state index < -0.39 is 5.97 Å². The molecule has 0 saturated heterocycles. The van der Waals surface area contributed by atoms with E-state index in [0.29, 0.717) is 17.0 Å². The molecule has 14 heavy (non-hydrogen) atoms. The van der Waals surface area contributed by atoms with Gasteiger partial charge in [0.1, 0.15) is 5.52 Å². The maximum Gasteiger partial charge on any atom is 0.337 e. The first-order chi connectivity index (χ1) is 6.58. The van der Waals surface area contributed by atoms with Gasteiger partial charge in [-0.05, 0) is 12.1 Å². The highest BCUT2D eigenvalue weighted by atomic mass is 35.5. The van der Waals surface area contributed by atoms with Crippen LogP contribution in [0.4, 0.5) is 0 Å². The zero-order valence-corrected chi connectivity index (χ0v) is 8.00. The van der Waals surface area contributed by atoms with Gasteiger partial charge in [0.25, 0.3) is 0 Å². The van der Waals surface area contributed by atoms with Crippen molar-refractivity contribution in [2.24, 2.45) is 0 Å². The van der Waals surface area contributed by atoms with Crippen LogP contribution in [0, 0.1) is 6.92 Å². The summed E-state index contributed by atoms with van der Waals surface area (Å²) in [5.74, 6) is -0.593. The molecule has 0 bridgehead atoms. The summed E-state index contributed by atoms with van der Waals surface area (Å²) in [5.41, 5.74) is 1.03. The minimum Gasteiger partial charge on any atom is -0.478 e. The standard InChI is InChI=1S/C9H6ClNO3/c1-4-11-7-3-6(10)5(9(12)13)2-8(7)14-4/h2-3H,1H3,(H,12,13). The van der Waals surface area contributed by atoms with Gasteiger partial charge in [-0.15, -0.1) is 0 Å². The van der Waals surface area contributed by atoms with E-state index in [-0.39, 0.29) is 10.6 Å². The molecule has 72 valence electrons. The Morgan fingerprint density at radius 1 is 1.57 bits per heavy atom. The number of carboxylic acids is 1. The summed E-state index contributed by atoms with van der Waals surface area (Å²) in [5, 5.41) is 8.95. The molecule has 0 radical (unpaired) electrons. The van der Waals surface area contributed by atoms with E-state index >= 15 is 0 Å². The van der Waals surface area contributed by atoms with Crippen LogP contribution >= 0.6 is 11.6 Å². The molecule has 1 heterocycles. The zero-order chi connectivity index (χ0) is 10.3. The smallest absolute Gasteiger partial charge is 0.337 e. The molecule has 0 aliphatic rings. The molecule has 1 N–H and O–H groups in total. The number of oxazole rings is 1. The lowest BCUT2D eigenvalue weighted by molar-refractivity contribution is 0.0697. The number of carboxylic acid groups (broad SMARTS) is 1. The van der Waals surface area contributed by atoms with Gasteiger partial charge in [0, 0.05) is 6.92 Å². The highest BCUT2D eigenvalue weighted by molar-refractivity contribution is 6.34. The number of aromatic nitrogens is 1. The first-order valence-corrected chi connectivity index (χ1v) is 4.25. The average molecular weight is 212 g/mol. The molecule has 0 aliphatic carbocycles. The molecule has 0 saturated carbocycles. The number of fused-ring (bicyclic) bond motifs is 1. The Labute approximate surface area is 84.1 Å². The van der Waals surface area contributed by atoms with E-state index in [0.717, 1.165) is 0 Å². The number of hydrogen-bond donors (Lipinski definition) is 1. The average Bonchev–Trinajstić information content (AvgIpc) is 2.42. The lowest BCUT2D eigenvalue weighted by Gasteiger charge is -1.96. The third-order valence-corrected chi connectivity index (χ3v) is 2.13. The number of nitrogens with zero attached hydrogens (tertiary/aromatic N) is 1. The maximum absolute atomic E-state index is 10.7. The Morgan fingerprint density at radius 3 is 2.93 bits per heavy atom. The summed E-state index contributed by atoms with van der Waals surface area (Å²) >= 11 is 5.74. The summed E-state index contributed by atoms with van der Waals surface area (Å²) in [7, 11) is 0. The number of halogens is 1. The fourth-order valence-electron chi connectivity index (χ4n) is 1.23. The van der Waals surface area contributed by atoms with E-state index in [1.54, 1.807) is 6.92 Å². The van der Waals surface area contributed by atoms with Gasteiger partial charge in [-0.3, -0.25) is 0 Å². The Morgan fingerprint density at radius 2 is 2.29 bits per heavy atom. The fourth-order valence-corrected chi connectivity index (χ4v) is 1.47. The number of aryl methyl sites for hydroxylation is 1. The molecule has 0 unspecified atom stereocenters. The van der Waals surface area contributed by atoms with Gasteiger partial charge < -0.3 is 9.52 Å². The lowest BCUT2D eigenvalue weighted by Crippen LogP contribution is -1.96. The van der Waals surface area contributed by atoms with E-state index in [9.17, 15) is 4.79 Å². The van der Waals surface area contributed by atoms with Crippen molar-refractivity contribution in [1.29, 1.82) is 0 Å². The largest absolute Gasteiger partial charge is 0.478 e. The molecule has 2 aromatic rings. The van der Waals surface area contributed by atoms with Gasteiger partial charge in [-0.2, -0.15) is 0 Å². The summed E-state index contributed by atoms with van der Waals surface area (Å²) in [4.78, 5) is 14.8. The van der Waals surface area contributed by atoms with Gasteiger partial charge in [0.2, 0.25) is 0 Å². The van der Waals surface area contributed by atoms with Crippen molar-refractivity contribution < 1.29 is 14.3 Å². The number of rotatable bonds is 1. The fraction of sp³-hybridized carbons (Fsp3) is 0.111. The van der Waals surface area contributed by atoms with E-state index in [4.69, 9.17) is 21.1 Å². The van der Waals surface area contributed by atoms with Gasteiger partial charge in [-0.25, -0.2) is 9.78 Å². The van der Waals surface area contributed by atoms with Crippen molar-refractivity contribution in [2.45, 2.75) is 6.92 Å². The second-order valence-electron chi connectivity index (χ2n) is 2.84. The van der Waals surface area contributed by atoms with Gasteiger partial charge >= 0.3 is 5.97 Å². The van der Waals surface area contributed by atoms with Gasteiger partial charge in [0.15, 0.2) is 11.5 Å². The number of hydrogen-bond acceptors (Lipinski definition) is 3. The van der Waals surface area contributed by atoms with Crippen LogP contribution in [0.2, 0.25) is 5.02 Å². The second-order valence-corrected chi connectivity index (χ2v) is 3.25. The van der Waals surface area contributed by atoms with Crippen molar-refractivity contribution in [3.63, 3.8) is 0 Å². The Hall–Kier alpha value is -1.55. The lowest BCUT2D eigenvalue weighted by atomic mass is 10.2. The highest BCUT2D eigenvalue weighted by Gasteiger charge is 2.12. The van der Waals surface area contributed by atoms with Crippen molar-refractivity contribution in [3.05, 3.63) is 28.6 Å². The van der Waals surface area contributed by atoms with Crippen molar-refractivity contribution in [1.82, 2.24) is 4.98 Å². The molecule has 0 amide bonds. The van der Waals surface area contributed by atoms with Crippen molar-refractivity contribution in [3.8, 4) is 0 Å². The van der Waals surface area contributed by atoms with Crippen molar-refractivity contribution >= 4 is 28.7 Å². The first kappa shape index (κ1) is 9.02. The molecular weight excluding hydrogens is 206 g/mol. The summed E-state index contributed by atoms with van der Waals surface area (Å²) in [6.07, 6.45) is 0. The third-order valence-electron chi connectivity index (χ3n) is 1.81. The molecule has 0 aliphatic heterocycles. The van der Waals surface area contributed by atoms with Crippen LogP contribution in [0.1, 0.15) is 16.2 Å². The van der Waals surface area contributed by atoms with Gasteiger partial charge in [-0.1, -0.05) is 11.6 Å². The minimum atomic E-state index is -1.08. The second kappa shape index (κ2) is 2.99. The molecule has 1 aromatic heterocycles. The predicted octanol–water partition coefficient (Wildman–Crippen LogP) is 2.49. The molecule has 5 heteroatoms. The number of benzene rings is 1. The van der Waals surface area contributed by atoms with Crippen LogP contribution < -0.4 is 0 Å². The molecular formula is C9H6ClNO3.